The smallest absolute Gasteiger partial charge is 0.151 e. The van der Waals surface area contributed by atoms with E-state index < -0.39 is 0 Å². The predicted octanol–water partition coefficient (Wildman–Crippen LogP) is 2.51. The topological polar surface area (TPSA) is 37.3 Å². The first-order chi connectivity index (χ1) is 6.77. The van der Waals surface area contributed by atoms with Gasteiger partial charge in [0, 0.05) is 21.0 Å². The highest BCUT2D eigenvalue weighted by atomic mass is 32.1. The number of rotatable bonds is 2. The summed E-state index contributed by atoms with van der Waals surface area (Å²) >= 11 is 1.55. The van der Waals surface area contributed by atoms with E-state index in [-0.39, 0.29) is 6.61 Å². The van der Waals surface area contributed by atoms with Crippen molar-refractivity contribution in [3.63, 3.8) is 0 Å². The second kappa shape index (κ2) is 3.52. The van der Waals surface area contributed by atoms with Crippen LogP contribution in [0.5, 0.6) is 0 Å². The van der Waals surface area contributed by atoms with Crippen LogP contribution in [0.25, 0.3) is 10.1 Å². The van der Waals surface area contributed by atoms with Crippen LogP contribution in [0.4, 0.5) is 0 Å². The van der Waals surface area contributed by atoms with Crippen LogP contribution in [0.15, 0.2) is 17.5 Å². The minimum absolute atomic E-state index is 0.0195. The molecule has 0 atom stereocenters. The lowest BCUT2D eigenvalue weighted by atomic mass is 10.0. The lowest BCUT2D eigenvalue weighted by Crippen LogP contribution is -1.88. The zero-order valence-corrected chi connectivity index (χ0v) is 8.60. The van der Waals surface area contributed by atoms with Crippen LogP contribution in [0, 0.1) is 6.92 Å². The van der Waals surface area contributed by atoms with Gasteiger partial charge in [0.1, 0.15) is 0 Å². The van der Waals surface area contributed by atoms with Crippen LogP contribution in [0.3, 0.4) is 0 Å². The molecule has 0 saturated carbocycles. The van der Waals surface area contributed by atoms with Crippen LogP contribution in [0.1, 0.15) is 21.5 Å². The highest BCUT2D eigenvalue weighted by Gasteiger charge is 2.09. The van der Waals surface area contributed by atoms with Crippen LogP contribution in [0.2, 0.25) is 0 Å². The molecule has 0 aliphatic rings. The minimum Gasteiger partial charge on any atom is -0.392 e. The number of aliphatic hydroxyl groups excluding tert-OH is 1. The molecule has 14 heavy (non-hydrogen) atoms. The summed E-state index contributed by atoms with van der Waals surface area (Å²) in [5, 5.41) is 11.9. The first-order valence-electron chi connectivity index (χ1n) is 4.33. The third-order valence-electron chi connectivity index (χ3n) is 2.33. The molecule has 1 N–H and O–H groups in total. The van der Waals surface area contributed by atoms with Crippen LogP contribution >= 0.6 is 11.3 Å². The van der Waals surface area contributed by atoms with Gasteiger partial charge in [-0.25, -0.2) is 0 Å². The Morgan fingerprint density at radius 1 is 1.50 bits per heavy atom. The molecule has 0 aliphatic heterocycles. The Bertz CT molecular complexity index is 485. The molecule has 1 aromatic heterocycles. The average Bonchev–Trinajstić information content (AvgIpc) is 2.63. The SMILES string of the molecule is Cc1ccc(CO)c2c(C=O)csc12. The first-order valence-corrected chi connectivity index (χ1v) is 5.21. The number of fused-ring (bicyclic) bond motifs is 1. The van der Waals surface area contributed by atoms with Gasteiger partial charge >= 0.3 is 0 Å². The summed E-state index contributed by atoms with van der Waals surface area (Å²) in [5.41, 5.74) is 2.65. The summed E-state index contributed by atoms with van der Waals surface area (Å²) in [6, 6.07) is 3.84. The predicted molar refractivity (Wildman–Crippen MR) is 57.9 cm³/mol. The van der Waals surface area contributed by atoms with Crippen LogP contribution in [-0.4, -0.2) is 11.4 Å². The Kier molecular flexibility index (Phi) is 2.35. The van der Waals surface area contributed by atoms with Gasteiger partial charge in [0.25, 0.3) is 0 Å². The molecular weight excluding hydrogens is 196 g/mol. The van der Waals surface area contributed by atoms with Crippen molar-refractivity contribution in [3.8, 4) is 0 Å². The fraction of sp³-hybridized carbons (Fsp3) is 0.182. The van der Waals surface area contributed by atoms with E-state index in [0.717, 1.165) is 27.5 Å². The van der Waals surface area contributed by atoms with Gasteiger partial charge in [-0.3, -0.25) is 4.79 Å². The third kappa shape index (κ3) is 1.25. The van der Waals surface area contributed by atoms with Crippen molar-refractivity contribution in [3.05, 3.63) is 34.2 Å². The van der Waals surface area contributed by atoms with Gasteiger partial charge in [-0.1, -0.05) is 12.1 Å². The van der Waals surface area contributed by atoms with E-state index in [9.17, 15) is 4.79 Å². The summed E-state index contributed by atoms with van der Waals surface area (Å²) in [6.45, 7) is 1.99. The van der Waals surface area contributed by atoms with Crippen LogP contribution in [-0.2, 0) is 6.61 Å². The fourth-order valence-electron chi connectivity index (χ4n) is 1.60. The number of carbonyl (C=O) groups is 1. The quantitative estimate of drug-likeness (QED) is 0.766. The molecule has 72 valence electrons. The monoisotopic (exact) mass is 206 g/mol. The summed E-state index contributed by atoms with van der Waals surface area (Å²) in [4.78, 5) is 10.8. The number of aldehydes is 1. The highest BCUT2D eigenvalue weighted by Crippen LogP contribution is 2.30. The Labute approximate surface area is 85.8 Å². The molecular formula is C11H10O2S. The van der Waals surface area contributed by atoms with Crippen molar-refractivity contribution in [2.24, 2.45) is 0 Å². The molecule has 2 nitrogen and oxygen atoms in total. The average molecular weight is 206 g/mol. The largest absolute Gasteiger partial charge is 0.392 e. The second-order valence-electron chi connectivity index (χ2n) is 3.21. The Morgan fingerprint density at radius 3 is 2.93 bits per heavy atom. The summed E-state index contributed by atoms with van der Waals surface area (Å²) in [7, 11) is 0. The van der Waals surface area contributed by atoms with Gasteiger partial charge in [-0.05, 0) is 18.1 Å². The first kappa shape index (κ1) is 9.37. The Morgan fingerprint density at radius 2 is 2.29 bits per heavy atom. The van der Waals surface area contributed by atoms with E-state index in [1.807, 2.05) is 24.4 Å². The third-order valence-corrected chi connectivity index (χ3v) is 3.46. The molecule has 0 unspecified atom stereocenters. The van der Waals surface area contributed by atoms with Crippen molar-refractivity contribution in [2.45, 2.75) is 13.5 Å². The normalized spacial score (nSPS) is 10.7. The molecule has 0 saturated heterocycles. The maximum Gasteiger partial charge on any atom is 0.151 e. The molecule has 1 heterocycles. The molecule has 0 aliphatic carbocycles. The lowest BCUT2D eigenvalue weighted by Gasteiger charge is -2.02. The molecule has 0 bridgehead atoms. The summed E-state index contributed by atoms with van der Waals surface area (Å²) in [6.07, 6.45) is 0.845. The fourth-order valence-corrected chi connectivity index (χ4v) is 2.63. The van der Waals surface area contributed by atoms with E-state index >= 15 is 0 Å². The van der Waals surface area contributed by atoms with E-state index in [0.29, 0.717) is 5.56 Å². The number of hydrogen-bond donors (Lipinski definition) is 1. The molecule has 0 spiro atoms. The van der Waals surface area contributed by atoms with Crippen LogP contribution < -0.4 is 0 Å². The van der Waals surface area contributed by atoms with Crippen molar-refractivity contribution in [1.82, 2.24) is 0 Å². The Balaban J connectivity index is 2.88. The molecule has 2 rings (SSSR count). The molecule has 0 radical (unpaired) electrons. The molecule has 0 amide bonds. The van der Waals surface area contributed by atoms with Gasteiger partial charge < -0.3 is 5.11 Å². The van der Waals surface area contributed by atoms with Gasteiger partial charge in [0.15, 0.2) is 6.29 Å². The number of carbonyl (C=O) groups excluding carboxylic acids is 1. The highest BCUT2D eigenvalue weighted by molar-refractivity contribution is 7.17. The maximum atomic E-state index is 10.8. The van der Waals surface area contributed by atoms with E-state index in [2.05, 4.69) is 0 Å². The number of thiophene rings is 1. The van der Waals surface area contributed by atoms with Gasteiger partial charge in [0.05, 0.1) is 6.61 Å². The zero-order valence-electron chi connectivity index (χ0n) is 7.78. The van der Waals surface area contributed by atoms with Crippen molar-refractivity contribution in [2.75, 3.05) is 0 Å². The Hall–Kier alpha value is -1.19. The number of hydrogen-bond acceptors (Lipinski definition) is 3. The van der Waals surface area contributed by atoms with Crippen molar-refractivity contribution < 1.29 is 9.90 Å². The zero-order chi connectivity index (χ0) is 10.1. The van der Waals surface area contributed by atoms with E-state index in [1.165, 1.54) is 0 Å². The number of benzene rings is 1. The molecule has 1 aromatic carbocycles. The number of aryl methyl sites for hydroxylation is 1. The summed E-state index contributed by atoms with van der Waals surface area (Å²) < 4.78 is 1.10. The van der Waals surface area contributed by atoms with E-state index in [1.54, 1.807) is 11.3 Å². The summed E-state index contributed by atoms with van der Waals surface area (Å²) in [5.74, 6) is 0. The lowest BCUT2D eigenvalue weighted by molar-refractivity contribution is 0.112. The van der Waals surface area contributed by atoms with E-state index in [4.69, 9.17) is 5.11 Å². The van der Waals surface area contributed by atoms with Gasteiger partial charge in [-0.15, -0.1) is 11.3 Å². The maximum absolute atomic E-state index is 10.8. The molecule has 3 heteroatoms. The minimum atomic E-state index is -0.0195. The number of aliphatic hydroxyl groups is 1. The second-order valence-corrected chi connectivity index (χ2v) is 4.09. The van der Waals surface area contributed by atoms with Gasteiger partial charge in [-0.2, -0.15) is 0 Å². The van der Waals surface area contributed by atoms with Gasteiger partial charge in [0.2, 0.25) is 0 Å². The molecule has 0 fully saturated rings. The van der Waals surface area contributed by atoms with Crippen molar-refractivity contribution >= 4 is 27.7 Å². The van der Waals surface area contributed by atoms with Crippen molar-refractivity contribution in [1.29, 1.82) is 0 Å². The standard InChI is InChI=1S/C11H10O2S/c1-7-2-3-8(4-12)10-9(5-13)6-14-11(7)10/h2-3,5-6,12H,4H2,1H3. The molecule has 2 aromatic rings.